The van der Waals surface area contributed by atoms with E-state index in [2.05, 4.69) is 51.0 Å². The van der Waals surface area contributed by atoms with Crippen LogP contribution in [0, 0.1) is 11.3 Å². The molecule has 0 fully saturated rings. The average Bonchev–Trinajstić information content (AvgIpc) is 2.35. The van der Waals surface area contributed by atoms with Gasteiger partial charge in [-0.1, -0.05) is 20.3 Å². The molecule has 0 aromatic carbocycles. The Morgan fingerprint density at radius 3 is 2.28 bits per heavy atom. The molecule has 0 aliphatic heterocycles. The van der Waals surface area contributed by atoms with Crippen LogP contribution in [0.1, 0.15) is 60.3 Å². The second-order valence-electron chi connectivity index (χ2n) is 5.73. The number of rotatable bonds is 9. The highest BCUT2D eigenvalue weighted by Gasteiger charge is 2.28. The van der Waals surface area contributed by atoms with Crippen LogP contribution >= 0.6 is 0 Å². The fourth-order valence-electron chi connectivity index (χ4n) is 2.35. The molecular weight excluding hydrogens is 222 g/mol. The normalized spacial score (nSPS) is 18.1. The summed E-state index contributed by atoms with van der Waals surface area (Å²) in [4.78, 5) is 2.40. The van der Waals surface area contributed by atoms with Crippen LogP contribution in [0.25, 0.3) is 0 Å². The molecule has 3 nitrogen and oxygen atoms in total. The molecule has 0 heterocycles. The van der Waals surface area contributed by atoms with Crippen molar-refractivity contribution in [3.8, 4) is 6.07 Å². The Labute approximate surface area is 114 Å². The smallest absolute Gasteiger partial charge is 0.105 e. The van der Waals surface area contributed by atoms with Gasteiger partial charge < -0.3 is 4.90 Å². The molecule has 3 unspecified atom stereocenters. The van der Waals surface area contributed by atoms with Gasteiger partial charge in [0.1, 0.15) is 5.54 Å². The fraction of sp³-hybridized carbons (Fsp3) is 0.933. The van der Waals surface area contributed by atoms with E-state index in [0.717, 1.165) is 19.4 Å². The molecule has 0 amide bonds. The average molecular weight is 253 g/mol. The predicted octanol–water partition coefficient (Wildman–Crippen LogP) is 3.17. The number of nitrogens with zero attached hydrogens (tertiary/aromatic N) is 2. The van der Waals surface area contributed by atoms with E-state index in [0.29, 0.717) is 12.1 Å². The van der Waals surface area contributed by atoms with Crippen LogP contribution < -0.4 is 5.32 Å². The molecule has 0 aliphatic carbocycles. The quantitative estimate of drug-likeness (QED) is 0.686. The lowest BCUT2D eigenvalue weighted by Crippen LogP contribution is -2.48. The summed E-state index contributed by atoms with van der Waals surface area (Å²) in [7, 11) is 2.17. The molecule has 0 aromatic heterocycles. The van der Waals surface area contributed by atoms with Gasteiger partial charge in [-0.15, -0.1) is 0 Å². The summed E-state index contributed by atoms with van der Waals surface area (Å²) in [5.74, 6) is 0. The summed E-state index contributed by atoms with van der Waals surface area (Å²) >= 11 is 0. The summed E-state index contributed by atoms with van der Waals surface area (Å²) in [6.07, 6.45) is 4.36. The maximum Gasteiger partial charge on any atom is 0.105 e. The summed E-state index contributed by atoms with van der Waals surface area (Å²) in [5.41, 5.74) is -0.407. The zero-order valence-electron chi connectivity index (χ0n) is 13.1. The standard InChI is InChI=1S/C15H31N3/c1-7-9-13(3)18(6)14(4)11-15(5,12-16)17-10-8-2/h13-14,17H,7-11H2,1-6H3. The highest BCUT2D eigenvalue weighted by atomic mass is 15.2. The zero-order chi connectivity index (χ0) is 14.2. The van der Waals surface area contributed by atoms with Crippen molar-refractivity contribution in [3.05, 3.63) is 0 Å². The second-order valence-corrected chi connectivity index (χ2v) is 5.73. The van der Waals surface area contributed by atoms with Crippen molar-refractivity contribution in [2.45, 2.75) is 77.9 Å². The van der Waals surface area contributed by atoms with E-state index in [9.17, 15) is 5.26 Å². The molecule has 0 saturated heterocycles. The van der Waals surface area contributed by atoms with Gasteiger partial charge in [0, 0.05) is 12.1 Å². The summed E-state index contributed by atoms with van der Waals surface area (Å²) in [6.45, 7) is 11.8. The molecule has 0 rings (SSSR count). The monoisotopic (exact) mass is 253 g/mol. The van der Waals surface area contributed by atoms with Crippen LogP contribution in [0.2, 0.25) is 0 Å². The highest BCUT2D eigenvalue weighted by Crippen LogP contribution is 2.18. The molecule has 3 atom stereocenters. The van der Waals surface area contributed by atoms with Crippen LogP contribution in [0.4, 0.5) is 0 Å². The SMILES string of the molecule is CCCNC(C)(C#N)CC(C)N(C)C(C)CCC. The first-order valence-electron chi connectivity index (χ1n) is 7.28. The fourth-order valence-corrected chi connectivity index (χ4v) is 2.35. The minimum atomic E-state index is -0.407. The van der Waals surface area contributed by atoms with E-state index >= 15 is 0 Å². The predicted molar refractivity (Wildman–Crippen MR) is 78.5 cm³/mol. The molecule has 3 heteroatoms. The van der Waals surface area contributed by atoms with Crippen molar-refractivity contribution >= 4 is 0 Å². The number of nitriles is 1. The van der Waals surface area contributed by atoms with Gasteiger partial charge in [-0.25, -0.2) is 0 Å². The maximum atomic E-state index is 9.35. The van der Waals surface area contributed by atoms with Crippen molar-refractivity contribution < 1.29 is 0 Å². The maximum absolute atomic E-state index is 9.35. The van der Waals surface area contributed by atoms with Crippen LogP contribution in [-0.2, 0) is 0 Å². The lowest BCUT2D eigenvalue weighted by molar-refractivity contribution is 0.159. The molecule has 0 bridgehead atoms. The largest absolute Gasteiger partial charge is 0.301 e. The number of hydrogen-bond acceptors (Lipinski definition) is 3. The molecule has 0 aliphatic rings. The van der Waals surface area contributed by atoms with Crippen LogP contribution in [0.5, 0.6) is 0 Å². The topological polar surface area (TPSA) is 39.1 Å². The van der Waals surface area contributed by atoms with Crippen LogP contribution in [-0.4, -0.2) is 36.1 Å². The van der Waals surface area contributed by atoms with Crippen molar-refractivity contribution in [2.24, 2.45) is 0 Å². The van der Waals surface area contributed by atoms with E-state index in [1.54, 1.807) is 0 Å². The lowest BCUT2D eigenvalue weighted by atomic mass is 9.93. The molecule has 1 N–H and O–H groups in total. The third-order valence-corrected chi connectivity index (χ3v) is 3.81. The van der Waals surface area contributed by atoms with E-state index < -0.39 is 5.54 Å². The van der Waals surface area contributed by atoms with E-state index in [4.69, 9.17) is 0 Å². The van der Waals surface area contributed by atoms with Gasteiger partial charge in [-0.3, -0.25) is 5.32 Å². The highest BCUT2D eigenvalue weighted by molar-refractivity contribution is 5.05. The van der Waals surface area contributed by atoms with Gasteiger partial charge in [0.2, 0.25) is 0 Å². The molecule has 18 heavy (non-hydrogen) atoms. The Bertz CT molecular complexity index is 259. The van der Waals surface area contributed by atoms with Crippen molar-refractivity contribution in [1.82, 2.24) is 10.2 Å². The zero-order valence-corrected chi connectivity index (χ0v) is 13.1. The van der Waals surface area contributed by atoms with E-state index in [-0.39, 0.29) is 0 Å². The van der Waals surface area contributed by atoms with E-state index in [1.165, 1.54) is 12.8 Å². The van der Waals surface area contributed by atoms with Gasteiger partial charge in [0.05, 0.1) is 6.07 Å². The van der Waals surface area contributed by atoms with Gasteiger partial charge in [-0.05, 0) is 53.6 Å². The molecular formula is C15H31N3. The van der Waals surface area contributed by atoms with Crippen LogP contribution in [0.3, 0.4) is 0 Å². The summed E-state index contributed by atoms with van der Waals surface area (Å²) < 4.78 is 0. The summed E-state index contributed by atoms with van der Waals surface area (Å²) in [6, 6.07) is 3.43. The Hall–Kier alpha value is -0.590. The minimum Gasteiger partial charge on any atom is -0.301 e. The first kappa shape index (κ1) is 17.4. The van der Waals surface area contributed by atoms with Crippen LogP contribution in [0.15, 0.2) is 0 Å². The number of hydrogen-bond donors (Lipinski definition) is 1. The van der Waals surface area contributed by atoms with Gasteiger partial charge in [0.25, 0.3) is 0 Å². The van der Waals surface area contributed by atoms with Crippen molar-refractivity contribution in [2.75, 3.05) is 13.6 Å². The van der Waals surface area contributed by atoms with Crippen molar-refractivity contribution in [1.29, 1.82) is 5.26 Å². The molecule has 0 saturated carbocycles. The Balaban J connectivity index is 4.42. The molecule has 0 radical (unpaired) electrons. The van der Waals surface area contributed by atoms with E-state index in [1.807, 2.05) is 6.92 Å². The third-order valence-electron chi connectivity index (χ3n) is 3.81. The first-order chi connectivity index (χ1) is 8.40. The Morgan fingerprint density at radius 1 is 1.22 bits per heavy atom. The number of nitrogens with one attached hydrogen (secondary N) is 1. The van der Waals surface area contributed by atoms with Crippen molar-refractivity contribution in [3.63, 3.8) is 0 Å². The molecule has 0 spiro atoms. The van der Waals surface area contributed by atoms with Gasteiger partial charge in [-0.2, -0.15) is 5.26 Å². The Kier molecular flexibility index (Phi) is 8.22. The lowest BCUT2D eigenvalue weighted by Gasteiger charge is -2.35. The summed E-state index contributed by atoms with van der Waals surface area (Å²) in [5, 5.41) is 12.7. The molecule has 106 valence electrons. The molecule has 0 aromatic rings. The second kappa shape index (κ2) is 8.50. The minimum absolute atomic E-state index is 0.407. The third kappa shape index (κ3) is 5.84. The first-order valence-corrected chi connectivity index (χ1v) is 7.28. The van der Waals surface area contributed by atoms with Gasteiger partial charge >= 0.3 is 0 Å². The van der Waals surface area contributed by atoms with Gasteiger partial charge in [0.15, 0.2) is 0 Å². The Morgan fingerprint density at radius 2 is 1.83 bits per heavy atom.